The Kier molecular flexibility index (Phi) is 10.1. The van der Waals surface area contributed by atoms with Crippen LogP contribution in [0.1, 0.15) is 127 Å². The first-order valence-corrected chi connectivity index (χ1v) is 26.4. The molecule has 340 valence electrons. The van der Waals surface area contributed by atoms with Crippen LogP contribution in [0.15, 0.2) is 156 Å². The Morgan fingerprint density at radius 3 is 2.57 bits per heavy atom. The number of hydrogen-bond acceptors (Lipinski definition) is 4. The summed E-state index contributed by atoms with van der Waals surface area (Å²) in [5, 5.41) is 10.8. The largest absolute Gasteiger partial charge is 0.354 e. The van der Waals surface area contributed by atoms with Crippen molar-refractivity contribution in [2.45, 2.75) is 114 Å². The van der Waals surface area contributed by atoms with E-state index < -0.39 is 0 Å². The van der Waals surface area contributed by atoms with Crippen molar-refractivity contribution in [2.75, 3.05) is 4.90 Å². The van der Waals surface area contributed by atoms with Gasteiger partial charge in [0.2, 0.25) is 0 Å². The molecule has 1 fully saturated rings. The summed E-state index contributed by atoms with van der Waals surface area (Å²) in [4.78, 5) is 8.60. The number of fused-ring (bicyclic) bond motifs is 10. The zero-order valence-electron chi connectivity index (χ0n) is 39.3. The molecule has 8 unspecified atom stereocenters. The van der Waals surface area contributed by atoms with Crippen LogP contribution in [0.4, 0.5) is 5.69 Å². The zero-order chi connectivity index (χ0) is 44.7. The molecule has 14 rings (SSSR count). The molecule has 2 aliphatic heterocycles. The SMILES string of the molecule is C1=CCC(C2NC(C3=CCCCC3)=NC(c3c(N4C5=Cc6ccc(-n7c8c(c9c7CCC7C=CCCC97)CCC=C8)cc6CC5C5C=CCCC54)ccc4ccccc34)N2)C(c2ccccc2)=C1. The highest BCUT2D eigenvalue weighted by atomic mass is 15.3. The Bertz CT molecular complexity index is 3090. The van der Waals surface area contributed by atoms with Crippen molar-refractivity contribution in [3.05, 3.63) is 196 Å². The Balaban J connectivity index is 0.888. The second kappa shape index (κ2) is 16.8. The van der Waals surface area contributed by atoms with Gasteiger partial charge in [0.05, 0.1) is 6.17 Å². The summed E-state index contributed by atoms with van der Waals surface area (Å²) in [7, 11) is 0. The van der Waals surface area contributed by atoms with Crippen LogP contribution in [0.3, 0.4) is 0 Å². The van der Waals surface area contributed by atoms with Crippen LogP contribution in [0.25, 0.3) is 34.2 Å². The van der Waals surface area contributed by atoms with Gasteiger partial charge in [0.1, 0.15) is 12.0 Å². The normalized spacial score (nSPS) is 28.8. The molecule has 5 aromatic rings. The first-order chi connectivity index (χ1) is 33.7. The molecule has 0 amide bonds. The Morgan fingerprint density at radius 1 is 0.721 bits per heavy atom. The van der Waals surface area contributed by atoms with Gasteiger partial charge in [-0.1, -0.05) is 121 Å². The molecule has 1 aromatic heterocycles. The van der Waals surface area contributed by atoms with E-state index in [0.717, 1.165) is 50.8 Å². The van der Waals surface area contributed by atoms with Crippen molar-refractivity contribution in [3.63, 3.8) is 0 Å². The van der Waals surface area contributed by atoms with E-state index in [9.17, 15) is 0 Å². The van der Waals surface area contributed by atoms with E-state index in [0.29, 0.717) is 29.7 Å². The first kappa shape index (κ1) is 40.9. The number of aromatic nitrogens is 1. The monoisotopic (exact) mass is 890 g/mol. The predicted molar refractivity (Wildman–Crippen MR) is 282 cm³/mol. The molecular weight excluding hydrogens is 827 g/mol. The number of hydrogen-bond donors (Lipinski definition) is 2. The van der Waals surface area contributed by atoms with Crippen molar-refractivity contribution in [1.29, 1.82) is 0 Å². The summed E-state index contributed by atoms with van der Waals surface area (Å²) >= 11 is 0. The minimum atomic E-state index is -0.230. The maximum absolute atomic E-state index is 5.78. The van der Waals surface area contributed by atoms with E-state index in [-0.39, 0.29) is 18.2 Å². The van der Waals surface area contributed by atoms with E-state index in [1.807, 2.05) is 0 Å². The van der Waals surface area contributed by atoms with Crippen LogP contribution >= 0.6 is 0 Å². The summed E-state index contributed by atoms with van der Waals surface area (Å²) < 4.78 is 2.71. The molecule has 3 heterocycles. The summed E-state index contributed by atoms with van der Waals surface area (Å²) in [5.41, 5.74) is 18.8. The average molecular weight is 890 g/mol. The van der Waals surface area contributed by atoms with Gasteiger partial charge in [-0.05, 0) is 182 Å². The Labute approximate surface area is 402 Å². The van der Waals surface area contributed by atoms with Crippen LogP contribution in [-0.2, 0) is 19.3 Å². The fourth-order valence-electron chi connectivity index (χ4n) is 14.5. The number of benzene rings is 4. The maximum Gasteiger partial charge on any atom is 0.132 e. The molecule has 68 heavy (non-hydrogen) atoms. The molecule has 0 bridgehead atoms. The van der Waals surface area contributed by atoms with E-state index in [1.165, 1.54) is 112 Å². The highest BCUT2D eigenvalue weighted by molar-refractivity contribution is 6.00. The van der Waals surface area contributed by atoms with Gasteiger partial charge in [-0.2, -0.15) is 0 Å². The fourth-order valence-corrected chi connectivity index (χ4v) is 14.5. The molecule has 5 heteroatoms. The third kappa shape index (κ3) is 6.70. The van der Waals surface area contributed by atoms with Gasteiger partial charge in [-0.3, -0.25) is 5.32 Å². The smallest absolute Gasteiger partial charge is 0.132 e. The highest BCUT2D eigenvalue weighted by Gasteiger charge is 2.48. The summed E-state index contributed by atoms with van der Waals surface area (Å²) in [5.74, 6) is 3.56. The summed E-state index contributed by atoms with van der Waals surface area (Å²) in [6.45, 7) is 0. The molecule has 9 aliphatic rings. The maximum atomic E-state index is 5.78. The lowest BCUT2D eigenvalue weighted by atomic mass is 9.71. The molecule has 0 radical (unpaired) electrons. The lowest BCUT2D eigenvalue weighted by Gasteiger charge is -2.41. The molecular formula is C63H63N5. The topological polar surface area (TPSA) is 44.6 Å². The standard InChI is InChI=1S/C63H63N5/c1-3-17-40(18-4-1)47-23-11-12-27-51(47)62-64-61(43-21-5-2-6-22-43)65-63(66-62)60-49-25-10-8-20-42(49)33-36-57(60)68-54-29-15-13-26-50(54)53-38-45-37-46(34-31-44(45)39-58(53)68)67-55-30-16-14-28-52(55)59-48-24-9-7-19-41(48)32-35-56(59)67/h1,3-4,7-8,10-13,16-21,23,25-26,30-31,33-34,36-37,39,41,48,50-51,53-54,62-63,66H,2,5-6,9,14-15,22,24,27-29,32,35,38H2,(H,64,65). The van der Waals surface area contributed by atoms with Gasteiger partial charge in [0.15, 0.2) is 0 Å². The molecule has 5 nitrogen and oxygen atoms in total. The van der Waals surface area contributed by atoms with Crippen molar-refractivity contribution in [3.8, 4) is 5.69 Å². The second-order valence-electron chi connectivity index (χ2n) is 21.2. The Morgan fingerprint density at radius 2 is 1.63 bits per heavy atom. The number of nitrogens with zero attached hydrogens (tertiary/aromatic N) is 3. The number of amidine groups is 1. The number of aliphatic imine (C=N–C) groups is 1. The average Bonchev–Trinajstić information content (AvgIpc) is 3.92. The molecule has 8 atom stereocenters. The Hall–Kier alpha value is -6.17. The van der Waals surface area contributed by atoms with Crippen molar-refractivity contribution >= 4 is 40.0 Å². The molecule has 4 aromatic carbocycles. The van der Waals surface area contributed by atoms with Crippen molar-refractivity contribution < 1.29 is 0 Å². The van der Waals surface area contributed by atoms with Crippen molar-refractivity contribution in [2.24, 2.45) is 28.7 Å². The summed E-state index contributed by atoms with van der Waals surface area (Å²) in [6, 6.07) is 32.8. The molecule has 0 saturated carbocycles. The number of anilines is 1. The lowest BCUT2D eigenvalue weighted by molar-refractivity contribution is 0.335. The van der Waals surface area contributed by atoms with E-state index in [4.69, 9.17) is 4.99 Å². The number of rotatable bonds is 6. The van der Waals surface area contributed by atoms with Gasteiger partial charge in [0, 0.05) is 57.8 Å². The van der Waals surface area contributed by atoms with E-state index in [1.54, 1.807) is 16.8 Å². The third-order valence-electron chi connectivity index (χ3n) is 17.6. The first-order valence-electron chi connectivity index (χ1n) is 26.4. The van der Waals surface area contributed by atoms with E-state index >= 15 is 0 Å². The van der Waals surface area contributed by atoms with Crippen LogP contribution in [0.5, 0.6) is 0 Å². The van der Waals surface area contributed by atoms with Crippen molar-refractivity contribution in [1.82, 2.24) is 15.2 Å². The second-order valence-corrected chi connectivity index (χ2v) is 21.2. The minimum absolute atomic E-state index is 0.00172. The predicted octanol–water partition coefficient (Wildman–Crippen LogP) is 14.0. The van der Waals surface area contributed by atoms with Gasteiger partial charge in [-0.15, -0.1) is 0 Å². The van der Waals surface area contributed by atoms with Gasteiger partial charge in [0.25, 0.3) is 0 Å². The highest BCUT2D eigenvalue weighted by Crippen LogP contribution is 2.53. The molecule has 0 spiro atoms. The third-order valence-corrected chi connectivity index (χ3v) is 17.6. The van der Waals surface area contributed by atoms with Crippen LogP contribution in [-0.4, -0.2) is 22.6 Å². The van der Waals surface area contributed by atoms with Gasteiger partial charge < -0.3 is 14.8 Å². The van der Waals surface area contributed by atoms with Gasteiger partial charge >= 0.3 is 0 Å². The van der Waals surface area contributed by atoms with E-state index in [2.05, 4.69) is 172 Å². The summed E-state index contributed by atoms with van der Waals surface area (Å²) in [6.07, 6.45) is 43.0. The van der Waals surface area contributed by atoms with Gasteiger partial charge in [-0.25, -0.2) is 4.99 Å². The number of allylic oxidation sites excluding steroid dienone is 9. The molecule has 7 aliphatic carbocycles. The fraction of sp³-hybridized carbons (Fsp3) is 0.349. The quantitative estimate of drug-likeness (QED) is 0.167. The zero-order valence-corrected chi connectivity index (χ0v) is 39.3. The lowest BCUT2D eigenvalue weighted by Crippen LogP contribution is -2.55. The van der Waals surface area contributed by atoms with Crippen LogP contribution < -0.4 is 15.5 Å². The number of nitrogens with one attached hydrogen (secondary N) is 2. The molecule has 1 saturated heterocycles. The minimum Gasteiger partial charge on any atom is -0.354 e. The molecule has 2 N–H and O–H groups in total. The van der Waals surface area contributed by atoms with Crippen LogP contribution in [0, 0.1) is 23.7 Å². The van der Waals surface area contributed by atoms with Crippen LogP contribution in [0.2, 0.25) is 0 Å².